The fourth-order valence-corrected chi connectivity index (χ4v) is 2.03. The zero-order valence-electron chi connectivity index (χ0n) is 11.7. The van der Waals surface area contributed by atoms with E-state index in [1.54, 1.807) is 39.5 Å². The lowest BCUT2D eigenvalue weighted by Crippen LogP contribution is -1.93. The molecule has 104 valence electrons. The van der Waals surface area contributed by atoms with Crippen LogP contribution in [0.1, 0.15) is 10.4 Å². The lowest BCUT2D eigenvalue weighted by atomic mass is 10.0. The third kappa shape index (κ3) is 2.59. The van der Waals surface area contributed by atoms with E-state index in [9.17, 15) is 4.79 Å². The second kappa shape index (κ2) is 6.10. The van der Waals surface area contributed by atoms with Crippen molar-refractivity contribution in [1.29, 1.82) is 0 Å². The molecule has 0 aliphatic heterocycles. The molecule has 0 aliphatic rings. The molecule has 4 heteroatoms. The maximum atomic E-state index is 10.9. The minimum Gasteiger partial charge on any atom is -0.496 e. The smallest absolute Gasteiger partial charge is 0.161 e. The Morgan fingerprint density at radius 1 is 0.800 bits per heavy atom. The second-order valence-electron chi connectivity index (χ2n) is 4.15. The lowest BCUT2D eigenvalue weighted by molar-refractivity contribution is 0.112. The Morgan fingerprint density at radius 2 is 1.45 bits per heavy atom. The summed E-state index contributed by atoms with van der Waals surface area (Å²) in [6.45, 7) is 0. The van der Waals surface area contributed by atoms with Crippen molar-refractivity contribution in [3.63, 3.8) is 0 Å². The average Bonchev–Trinajstić information content (AvgIpc) is 2.53. The summed E-state index contributed by atoms with van der Waals surface area (Å²) in [7, 11) is 4.77. The van der Waals surface area contributed by atoms with Gasteiger partial charge in [0.2, 0.25) is 0 Å². The van der Waals surface area contributed by atoms with Crippen molar-refractivity contribution in [3.05, 3.63) is 42.0 Å². The highest BCUT2D eigenvalue weighted by atomic mass is 16.5. The van der Waals surface area contributed by atoms with E-state index in [2.05, 4.69) is 0 Å². The van der Waals surface area contributed by atoms with Crippen molar-refractivity contribution >= 4 is 6.29 Å². The van der Waals surface area contributed by atoms with Gasteiger partial charge in [0.05, 0.1) is 21.3 Å². The summed E-state index contributed by atoms with van der Waals surface area (Å²) in [5.74, 6) is 1.98. The fourth-order valence-electron chi connectivity index (χ4n) is 2.03. The van der Waals surface area contributed by atoms with Crippen LogP contribution in [0.3, 0.4) is 0 Å². The Morgan fingerprint density at radius 3 is 2.05 bits per heavy atom. The van der Waals surface area contributed by atoms with Crippen LogP contribution >= 0.6 is 0 Å². The van der Waals surface area contributed by atoms with Crippen LogP contribution in [0.5, 0.6) is 17.2 Å². The molecule has 0 aliphatic carbocycles. The van der Waals surface area contributed by atoms with Gasteiger partial charge < -0.3 is 14.2 Å². The van der Waals surface area contributed by atoms with Gasteiger partial charge in [0.25, 0.3) is 0 Å². The monoisotopic (exact) mass is 272 g/mol. The minimum atomic E-state index is 0.593. The van der Waals surface area contributed by atoms with Gasteiger partial charge in [0, 0.05) is 11.1 Å². The average molecular weight is 272 g/mol. The summed E-state index contributed by atoms with van der Waals surface area (Å²) < 4.78 is 15.9. The van der Waals surface area contributed by atoms with Gasteiger partial charge in [-0.15, -0.1) is 0 Å². The van der Waals surface area contributed by atoms with Gasteiger partial charge in [-0.1, -0.05) is 6.07 Å². The molecule has 20 heavy (non-hydrogen) atoms. The van der Waals surface area contributed by atoms with E-state index in [0.717, 1.165) is 17.4 Å². The van der Waals surface area contributed by atoms with Crippen LogP contribution in [-0.2, 0) is 0 Å². The molecular weight excluding hydrogens is 256 g/mol. The lowest BCUT2D eigenvalue weighted by Gasteiger charge is -2.12. The molecule has 0 aromatic heterocycles. The number of hydrogen-bond donors (Lipinski definition) is 0. The minimum absolute atomic E-state index is 0.593. The summed E-state index contributed by atoms with van der Waals surface area (Å²) in [6, 6.07) is 10.8. The topological polar surface area (TPSA) is 44.8 Å². The van der Waals surface area contributed by atoms with Gasteiger partial charge in [-0.05, 0) is 35.9 Å². The number of benzene rings is 2. The Kier molecular flexibility index (Phi) is 4.25. The number of hydrogen-bond acceptors (Lipinski definition) is 4. The van der Waals surface area contributed by atoms with E-state index in [-0.39, 0.29) is 0 Å². The number of carbonyl (C=O) groups excluding carboxylic acids is 1. The van der Waals surface area contributed by atoms with Crippen LogP contribution in [0, 0.1) is 0 Å². The standard InChI is InChI=1S/C16H16O4/c1-18-14-6-4-11(10-17)8-13(14)12-5-7-15(19-2)16(9-12)20-3/h4-10H,1-3H3. The van der Waals surface area contributed by atoms with Crippen LogP contribution in [0.2, 0.25) is 0 Å². The van der Waals surface area contributed by atoms with Crippen LogP contribution in [-0.4, -0.2) is 27.6 Å². The Labute approximate surface area is 117 Å². The molecule has 0 radical (unpaired) electrons. The molecule has 2 aromatic carbocycles. The molecule has 0 bridgehead atoms. The largest absolute Gasteiger partial charge is 0.496 e. The summed E-state index contributed by atoms with van der Waals surface area (Å²) in [6.07, 6.45) is 0.809. The predicted octanol–water partition coefficient (Wildman–Crippen LogP) is 3.19. The number of rotatable bonds is 5. The fraction of sp³-hybridized carbons (Fsp3) is 0.188. The van der Waals surface area contributed by atoms with E-state index < -0.39 is 0 Å². The summed E-state index contributed by atoms with van der Waals surface area (Å²) in [5, 5.41) is 0. The van der Waals surface area contributed by atoms with E-state index in [1.165, 1.54) is 0 Å². The number of ether oxygens (including phenoxy) is 3. The third-order valence-electron chi connectivity index (χ3n) is 3.05. The first kappa shape index (κ1) is 13.9. The van der Waals surface area contributed by atoms with E-state index in [4.69, 9.17) is 14.2 Å². The van der Waals surface area contributed by atoms with Crippen molar-refractivity contribution < 1.29 is 19.0 Å². The summed E-state index contributed by atoms with van der Waals surface area (Å²) in [5.41, 5.74) is 2.32. The zero-order valence-corrected chi connectivity index (χ0v) is 11.7. The van der Waals surface area contributed by atoms with Crippen LogP contribution in [0.25, 0.3) is 11.1 Å². The van der Waals surface area contributed by atoms with Crippen LogP contribution in [0.15, 0.2) is 36.4 Å². The Bertz CT molecular complexity index is 620. The highest BCUT2D eigenvalue weighted by Crippen LogP contribution is 2.36. The van der Waals surface area contributed by atoms with Crippen molar-refractivity contribution in [2.24, 2.45) is 0 Å². The zero-order chi connectivity index (χ0) is 14.5. The SMILES string of the molecule is COc1ccc(-c2cc(C=O)ccc2OC)cc1OC. The van der Waals surface area contributed by atoms with Crippen LogP contribution < -0.4 is 14.2 Å². The molecule has 0 unspecified atom stereocenters. The van der Waals surface area contributed by atoms with Crippen molar-refractivity contribution in [1.82, 2.24) is 0 Å². The van der Waals surface area contributed by atoms with Gasteiger partial charge in [-0.3, -0.25) is 4.79 Å². The number of aldehydes is 1. The third-order valence-corrected chi connectivity index (χ3v) is 3.05. The van der Waals surface area contributed by atoms with Gasteiger partial charge in [0.15, 0.2) is 11.5 Å². The molecule has 0 spiro atoms. The van der Waals surface area contributed by atoms with Gasteiger partial charge in [-0.2, -0.15) is 0 Å². The molecule has 2 aromatic rings. The molecule has 4 nitrogen and oxygen atoms in total. The molecule has 0 atom stereocenters. The predicted molar refractivity (Wildman–Crippen MR) is 76.9 cm³/mol. The molecule has 2 rings (SSSR count). The van der Waals surface area contributed by atoms with E-state index in [1.807, 2.05) is 18.2 Å². The molecule has 0 amide bonds. The molecule has 0 N–H and O–H groups in total. The Balaban J connectivity index is 2.57. The molecule has 0 fully saturated rings. The second-order valence-corrected chi connectivity index (χ2v) is 4.15. The first-order chi connectivity index (χ1) is 9.73. The van der Waals surface area contributed by atoms with Crippen LogP contribution in [0.4, 0.5) is 0 Å². The maximum absolute atomic E-state index is 10.9. The number of carbonyl (C=O) groups is 1. The maximum Gasteiger partial charge on any atom is 0.161 e. The van der Waals surface area contributed by atoms with Gasteiger partial charge in [-0.25, -0.2) is 0 Å². The highest BCUT2D eigenvalue weighted by Gasteiger charge is 2.11. The first-order valence-electron chi connectivity index (χ1n) is 6.09. The molecule has 0 saturated heterocycles. The van der Waals surface area contributed by atoms with Crippen molar-refractivity contribution in [2.45, 2.75) is 0 Å². The summed E-state index contributed by atoms with van der Waals surface area (Å²) >= 11 is 0. The van der Waals surface area contributed by atoms with E-state index in [0.29, 0.717) is 22.8 Å². The molecule has 0 heterocycles. The summed E-state index contributed by atoms with van der Waals surface area (Å²) in [4.78, 5) is 10.9. The molecule has 0 saturated carbocycles. The number of methoxy groups -OCH3 is 3. The van der Waals surface area contributed by atoms with Gasteiger partial charge >= 0.3 is 0 Å². The highest BCUT2D eigenvalue weighted by molar-refractivity contribution is 5.82. The van der Waals surface area contributed by atoms with Gasteiger partial charge in [0.1, 0.15) is 12.0 Å². The Hall–Kier alpha value is -2.49. The molecular formula is C16H16O4. The first-order valence-corrected chi connectivity index (χ1v) is 6.09. The van der Waals surface area contributed by atoms with Crippen molar-refractivity contribution in [2.75, 3.05) is 21.3 Å². The quantitative estimate of drug-likeness (QED) is 0.784. The van der Waals surface area contributed by atoms with Crippen molar-refractivity contribution in [3.8, 4) is 28.4 Å². The normalized spacial score (nSPS) is 9.95. The van der Waals surface area contributed by atoms with E-state index >= 15 is 0 Å².